The number of β-lactam (4-membered cyclic amide) rings is 1. The topological polar surface area (TPSA) is 164 Å². The Morgan fingerprint density at radius 1 is 1.05 bits per heavy atom. The van der Waals surface area contributed by atoms with Gasteiger partial charge in [-0.1, -0.05) is 60.7 Å². The Morgan fingerprint density at radius 3 is 2.16 bits per heavy atom. The fourth-order valence-corrected chi connectivity index (χ4v) is 5.75. The van der Waals surface area contributed by atoms with Crippen LogP contribution in [0.15, 0.2) is 71.9 Å². The van der Waals surface area contributed by atoms with Gasteiger partial charge in [-0.25, -0.2) is 9.59 Å². The SMILES string of the molecule is CC(=O)OCC1=C(C(=O)OC(c2ccccc2)c2ccccc2)N2C(=O)[C@@](N)(OC(=O)CNC(=O)OC(C)(C)C)[C@H]2SC1. The minimum Gasteiger partial charge on any atom is -0.461 e. The molecule has 13 heteroatoms. The number of alkyl carbamates (subject to hydrolysis) is 1. The standard InChI is InChI=1S/C30H33N3O9S/c1-18(34)39-16-21-17-43-27-30(31,41-22(35)15-32-28(38)42-29(2,3)4)26(37)33(27)23(21)25(36)40-24(19-11-7-5-8-12-19)20-13-9-6-10-14-20/h5-14,24,27H,15-17,31H2,1-4H3,(H,32,38)/t27-,30-/m1/s1. The van der Waals surface area contributed by atoms with Gasteiger partial charge in [0, 0.05) is 18.2 Å². The van der Waals surface area contributed by atoms with Crippen molar-refractivity contribution in [1.82, 2.24) is 10.2 Å². The number of nitrogens with two attached hydrogens (primary N) is 1. The number of carbonyl (C=O) groups is 5. The van der Waals surface area contributed by atoms with Crippen molar-refractivity contribution in [2.45, 2.75) is 50.5 Å². The zero-order valence-electron chi connectivity index (χ0n) is 24.2. The summed E-state index contributed by atoms with van der Waals surface area (Å²) in [5.74, 6) is -3.15. The first-order valence-corrected chi connectivity index (χ1v) is 14.4. The van der Waals surface area contributed by atoms with Crippen LogP contribution in [0.5, 0.6) is 0 Å². The number of nitrogens with one attached hydrogen (secondary N) is 1. The van der Waals surface area contributed by atoms with Gasteiger partial charge in [0.25, 0.3) is 11.6 Å². The number of ether oxygens (including phenoxy) is 4. The summed E-state index contributed by atoms with van der Waals surface area (Å²) in [4.78, 5) is 64.4. The van der Waals surface area contributed by atoms with E-state index >= 15 is 0 Å². The van der Waals surface area contributed by atoms with Gasteiger partial charge in [0.1, 0.15) is 29.8 Å². The maximum Gasteiger partial charge on any atom is 0.408 e. The molecule has 2 aromatic rings. The van der Waals surface area contributed by atoms with Crippen molar-refractivity contribution < 1.29 is 42.9 Å². The molecule has 0 radical (unpaired) electrons. The number of carbonyl (C=O) groups excluding carboxylic acids is 5. The van der Waals surface area contributed by atoms with Gasteiger partial charge in [-0.15, -0.1) is 11.8 Å². The predicted octanol–water partition coefficient (Wildman–Crippen LogP) is 2.77. The average molecular weight is 612 g/mol. The van der Waals surface area contributed by atoms with Crippen molar-refractivity contribution in [3.63, 3.8) is 0 Å². The van der Waals surface area contributed by atoms with Crippen molar-refractivity contribution in [3.05, 3.63) is 83.1 Å². The summed E-state index contributed by atoms with van der Waals surface area (Å²) in [6.07, 6.45) is -1.67. The van der Waals surface area contributed by atoms with E-state index in [4.69, 9.17) is 24.7 Å². The minimum absolute atomic E-state index is 0.125. The zero-order valence-corrected chi connectivity index (χ0v) is 25.0. The summed E-state index contributed by atoms with van der Waals surface area (Å²) in [5, 5.41) is 1.27. The third-order valence-electron chi connectivity index (χ3n) is 6.28. The van der Waals surface area contributed by atoms with Crippen LogP contribution in [0.3, 0.4) is 0 Å². The van der Waals surface area contributed by atoms with Crippen LogP contribution in [0, 0.1) is 0 Å². The minimum atomic E-state index is -2.12. The Kier molecular flexibility index (Phi) is 9.46. The lowest BCUT2D eigenvalue weighted by Gasteiger charge is -2.54. The van der Waals surface area contributed by atoms with Crippen LogP contribution < -0.4 is 11.1 Å². The highest BCUT2D eigenvalue weighted by Crippen LogP contribution is 2.46. The van der Waals surface area contributed by atoms with Crippen LogP contribution in [0.2, 0.25) is 0 Å². The Bertz CT molecular complexity index is 1390. The smallest absolute Gasteiger partial charge is 0.408 e. The largest absolute Gasteiger partial charge is 0.461 e. The highest BCUT2D eigenvalue weighted by Gasteiger charge is 2.66. The molecule has 2 heterocycles. The van der Waals surface area contributed by atoms with E-state index in [1.807, 2.05) is 60.7 Å². The number of esters is 3. The van der Waals surface area contributed by atoms with Crippen LogP contribution in [-0.4, -0.2) is 70.4 Å². The van der Waals surface area contributed by atoms with Gasteiger partial charge >= 0.3 is 24.0 Å². The number of rotatable bonds is 9. The van der Waals surface area contributed by atoms with Crippen molar-refractivity contribution in [3.8, 4) is 0 Å². The lowest BCUT2D eigenvalue weighted by molar-refractivity contribution is -0.195. The average Bonchev–Trinajstić information content (AvgIpc) is 2.96. The lowest BCUT2D eigenvalue weighted by Crippen LogP contribution is -2.79. The molecule has 2 aliphatic rings. The molecule has 2 aliphatic heterocycles. The van der Waals surface area contributed by atoms with Gasteiger partial charge in [-0.05, 0) is 31.9 Å². The molecule has 0 unspecified atom stereocenters. The second-order valence-electron chi connectivity index (χ2n) is 10.8. The fraction of sp³-hybridized carbons (Fsp3) is 0.367. The van der Waals surface area contributed by atoms with Gasteiger partial charge in [-0.2, -0.15) is 0 Å². The summed E-state index contributed by atoms with van der Waals surface area (Å²) in [5.41, 5.74) is 4.94. The Balaban J connectivity index is 1.56. The molecule has 2 atom stereocenters. The van der Waals surface area contributed by atoms with Crippen LogP contribution >= 0.6 is 11.8 Å². The molecule has 2 amide bonds. The quantitative estimate of drug-likeness (QED) is 0.185. The van der Waals surface area contributed by atoms with Crippen molar-refractivity contribution in [2.75, 3.05) is 18.9 Å². The number of thioether (sulfide) groups is 1. The molecule has 1 saturated heterocycles. The van der Waals surface area contributed by atoms with E-state index in [1.54, 1.807) is 20.8 Å². The summed E-state index contributed by atoms with van der Waals surface area (Å²) < 4.78 is 21.6. The molecule has 12 nitrogen and oxygen atoms in total. The van der Waals surface area contributed by atoms with E-state index in [-0.39, 0.29) is 18.1 Å². The molecule has 0 saturated carbocycles. The zero-order chi connectivity index (χ0) is 31.4. The highest BCUT2D eigenvalue weighted by molar-refractivity contribution is 8.00. The molecule has 2 aromatic carbocycles. The number of benzene rings is 2. The highest BCUT2D eigenvalue weighted by atomic mass is 32.2. The predicted molar refractivity (Wildman–Crippen MR) is 155 cm³/mol. The van der Waals surface area contributed by atoms with Gasteiger partial charge in [0.15, 0.2) is 6.10 Å². The van der Waals surface area contributed by atoms with Gasteiger partial charge in [-0.3, -0.25) is 25.0 Å². The van der Waals surface area contributed by atoms with Crippen LogP contribution in [0.1, 0.15) is 44.9 Å². The van der Waals surface area contributed by atoms with Gasteiger partial charge in [0.05, 0.1) is 0 Å². The summed E-state index contributed by atoms with van der Waals surface area (Å²) in [7, 11) is 0. The van der Waals surface area contributed by atoms with Crippen molar-refractivity contribution in [2.24, 2.45) is 5.73 Å². The van der Waals surface area contributed by atoms with Crippen LogP contribution in [-0.2, 0) is 38.1 Å². The van der Waals surface area contributed by atoms with Crippen molar-refractivity contribution in [1.29, 1.82) is 0 Å². The van der Waals surface area contributed by atoms with E-state index in [1.165, 1.54) is 6.92 Å². The molecule has 0 bridgehead atoms. The molecule has 3 N–H and O–H groups in total. The normalized spacial score (nSPS) is 19.6. The molecule has 0 spiro atoms. The number of fused-ring (bicyclic) bond motifs is 1. The molecule has 43 heavy (non-hydrogen) atoms. The first-order chi connectivity index (χ1) is 20.3. The third-order valence-corrected chi connectivity index (χ3v) is 7.67. The van der Waals surface area contributed by atoms with E-state index in [0.29, 0.717) is 16.7 Å². The monoisotopic (exact) mass is 611 g/mol. The van der Waals surface area contributed by atoms with Gasteiger partial charge < -0.3 is 24.3 Å². The third kappa shape index (κ3) is 7.35. The Morgan fingerprint density at radius 2 is 1.63 bits per heavy atom. The Hall–Kier alpha value is -4.36. The molecule has 1 fully saturated rings. The van der Waals surface area contributed by atoms with Crippen molar-refractivity contribution >= 4 is 41.7 Å². The summed E-state index contributed by atoms with van der Waals surface area (Å²) in [6, 6.07) is 18.1. The molecule has 4 rings (SSSR count). The fourth-order valence-electron chi connectivity index (χ4n) is 4.43. The molecule has 228 valence electrons. The van der Waals surface area contributed by atoms with E-state index in [2.05, 4.69) is 5.32 Å². The van der Waals surface area contributed by atoms with E-state index < -0.39 is 59.3 Å². The Labute approximate surface area is 252 Å². The first kappa shape index (κ1) is 31.6. The molecule has 0 aromatic heterocycles. The van der Waals surface area contributed by atoms with Crippen LogP contribution in [0.4, 0.5) is 4.79 Å². The summed E-state index contributed by atoms with van der Waals surface area (Å²) >= 11 is 1.12. The van der Waals surface area contributed by atoms with Crippen LogP contribution in [0.25, 0.3) is 0 Å². The lowest BCUT2D eigenvalue weighted by atomic mass is 9.98. The number of amides is 2. The number of hydrogen-bond acceptors (Lipinski definition) is 11. The van der Waals surface area contributed by atoms with E-state index in [9.17, 15) is 24.0 Å². The summed E-state index contributed by atoms with van der Waals surface area (Å²) in [6.45, 7) is 5.35. The number of hydrogen-bond donors (Lipinski definition) is 2. The second-order valence-corrected chi connectivity index (χ2v) is 11.9. The molecular weight excluding hydrogens is 578 g/mol. The second kappa shape index (κ2) is 12.9. The maximum atomic E-state index is 13.8. The maximum absolute atomic E-state index is 13.8. The molecule has 0 aliphatic carbocycles. The van der Waals surface area contributed by atoms with E-state index in [0.717, 1.165) is 16.7 Å². The van der Waals surface area contributed by atoms with Gasteiger partial charge in [0.2, 0.25) is 0 Å². The molecular formula is C30H33N3O9S. The first-order valence-electron chi connectivity index (χ1n) is 13.4. The number of nitrogens with zero attached hydrogens (tertiary/aromatic N) is 1.